The third-order valence-electron chi connectivity index (χ3n) is 4.56. The third kappa shape index (κ3) is 4.28. The second-order valence-corrected chi connectivity index (χ2v) is 7.27. The van der Waals surface area contributed by atoms with Gasteiger partial charge in [-0.1, -0.05) is 43.0 Å². The lowest BCUT2D eigenvalue weighted by Gasteiger charge is -2.06. The monoisotopic (exact) mass is 396 g/mol. The molecule has 0 fully saturated rings. The summed E-state index contributed by atoms with van der Waals surface area (Å²) in [6.45, 7) is 6.98. The lowest BCUT2D eigenvalue weighted by atomic mass is 10.1. The Labute approximate surface area is 169 Å². The smallest absolute Gasteiger partial charge is 0.338 e. The predicted molar refractivity (Wildman–Crippen MR) is 112 cm³/mol. The molecule has 0 aliphatic heterocycles. The molecule has 0 atom stereocenters. The summed E-state index contributed by atoms with van der Waals surface area (Å²) in [5.41, 5.74) is 4.09. The number of hydrogen-bond donors (Lipinski definition) is 0. The Kier molecular flexibility index (Phi) is 6.52. The number of hydrogen-bond acceptors (Lipinski definition) is 5. The zero-order valence-electron chi connectivity index (χ0n) is 16.4. The van der Waals surface area contributed by atoms with E-state index in [-0.39, 0.29) is 11.8 Å². The Hall–Kier alpha value is -2.60. The van der Waals surface area contributed by atoms with Crippen molar-refractivity contribution in [1.29, 1.82) is 0 Å². The van der Waals surface area contributed by atoms with Crippen LogP contribution < -0.4 is 0 Å². The van der Waals surface area contributed by atoms with E-state index >= 15 is 0 Å². The molecule has 0 bridgehead atoms. The van der Waals surface area contributed by atoms with E-state index in [1.54, 1.807) is 19.1 Å². The van der Waals surface area contributed by atoms with Gasteiger partial charge in [0.05, 0.1) is 29.0 Å². The molecule has 1 heterocycles. The van der Waals surface area contributed by atoms with Crippen LogP contribution in [0, 0.1) is 0 Å². The van der Waals surface area contributed by atoms with Crippen molar-refractivity contribution in [2.75, 3.05) is 12.4 Å². The number of Topliss-reactive ketones (excluding diaryl/α,β-unsaturated/α-hetero) is 1. The summed E-state index contributed by atoms with van der Waals surface area (Å²) in [5, 5.41) is 0.775. The number of imidazole rings is 1. The number of aryl methyl sites for hydroxylation is 2. The van der Waals surface area contributed by atoms with Crippen LogP contribution in [-0.2, 0) is 17.7 Å². The Bertz CT molecular complexity index is 993. The first-order valence-electron chi connectivity index (χ1n) is 9.49. The average molecular weight is 397 g/mol. The molecule has 0 saturated heterocycles. The van der Waals surface area contributed by atoms with Gasteiger partial charge >= 0.3 is 5.97 Å². The van der Waals surface area contributed by atoms with Crippen molar-refractivity contribution in [1.82, 2.24) is 9.55 Å². The molecule has 3 rings (SSSR count). The van der Waals surface area contributed by atoms with Crippen molar-refractivity contribution < 1.29 is 14.3 Å². The average Bonchev–Trinajstić information content (AvgIpc) is 3.08. The molecule has 6 heteroatoms. The number of nitrogens with zero attached hydrogens (tertiary/aromatic N) is 2. The van der Waals surface area contributed by atoms with Crippen LogP contribution in [0.4, 0.5) is 0 Å². The molecule has 2 aromatic carbocycles. The number of benzene rings is 2. The van der Waals surface area contributed by atoms with Gasteiger partial charge in [-0.25, -0.2) is 9.78 Å². The number of rotatable bonds is 8. The van der Waals surface area contributed by atoms with Crippen LogP contribution in [-0.4, -0.2) is 33.7 Å². The maximum absolute atomic E-state index is 12.5. The van der Waals surface area contributed by atoms with Crippen LogP contribution in [0.1, 0.15) is 47.1 Å². The fourth-order valence-corrected chi connectivity index (χ4v) is 3.98. The van der Waals surface area contributed by atoms with Gasteiger partial charge in [0, 0.05) is 12.1 Å². The first-order valence-corrected chi connectivity index (χ1v) is 10.5. The summed E-state index contributed by atoms with van der Waals surface area (Å²) in [7, 11) is 0. The number of ketones is 1. The highest BCUT2D eigenvalue weighted by molar-refractivity contribution is 7.99. The van der Waals surface area contributed by atoms with Crippen LogP contribution in [0.3, 0.4) is 0 Å². The van der Waals surface area contributed by atoms with E-state index in [9.17, 15) is 9.59 Å². The van der Waals surface area contributed by atoms with Crippen molar-refractivity contribution in [2.45, 2.75) is 38.9 Å². The summed E-state index contributed by atoms with van der Waals surface area (Å²) in [4.78, 5) is 29.1. The molecule has 1 aromatic heterocycles. The van der Waals surface area contributed by atoms with Crippen LogP contribution in [0.15, 0.2) is 47.6 Å². The third-order valence-corrected chi connectivity index (χ3v) is 5.53. The highest BCUT2D eigenvalue weighted by atomic mass is 32.2. The molecule has 0 aliphatic carbocycles. The van der Waals surface area contributed by atoms with Crippen molar-refractivity contribution in [3.63, 3.8) is 0 Å². The largest absolute Gasteiger partial charge is 0.462 e. The second-order valence-electron chi connectivity index (χ2n) is 6.32. The molecular formula is C22H24N2O3S. The highest BCUT2D eigenvalue weighted by Gasteiger charge is 2.15. The Morgan fingerprint density at radius 1 is 1.04 bits per heavy atom. The molecule has 0 saturated carbocycles. The number of fused-ring (bicyclic) bond motifs is 1. The minimum Gasteiger partial charge on any atom is -0.462 e. The Morgan fingerprint density at radius 3 is 2.39 bits per heavy atom. The maximum atomic E-state index is 12.5. The summed E-state index contributed by atoms with van der Waals surface area (Å²) in [6.07, 6.45) is 0.956. The minimum absolute atomic E-state index is 0.0783. The van der Waals surface area contributed by atoms with Gasteiger partial charge in [0.1, 0.15) is 0 Å². The van der Waals surface area contributed by atoms with E-state index in [4.69, 9.17) is 4.74 Å². The van der Waals surface area contributed by atoms with E-state index in [1.807, 2.05) is 37.3 Å². The van der Waals surface area contributed by atoms with Crippen LogP contribution >= 0.6 is 11.8 Å². The van der Waals surface area contributed by atoms with E-state index < -0.39 is 0 Å². The van der Waals surface area contributed by atoms with Crippen LogP contribution in [0.2, 0.25) is 0 Å². The minimum atomic E-state index is -0.352. The van der Waals surface area contributed by atoms with Crippen LogP contribution in [0.25, 0.3) is 11.0 Å². The topological polar surface area (TPSA) is 61.2 Å². The lowest BCUT2D eigenvalue weighted by molar-refractivity contribution is 0.0526. The molecular weight excluding hydrogens is 372 g/mol. The molecule has 0 N–H and O–H groups in total. The van der Waals surface area contributed by atoms with Gasteiger partial charge in [-0.05, 0) is 44.0 Å². The van der Waals surface area contributed by atoms with Gasteiger partial charge in [-0.15, -0.1) is 0 Å². The number of carbonyl (C=O) groups is 2. The highest BCUT2D eigenvalue weighted by Crippen LogP contribution is 2.26. The van der Waals surface area contributed by atoms with Crippen molar-refractivity contribution in [3.8, 4) is 0 Å². The maximum Gasteiger partial charge on any atom is 0.338 e. The molecule has 0 unspecified atom stereocenters. The van der Waals surface area contributed by atoms with Gasteiger partial charge in [-0.3, -0.25) is 4.79 Å². The Morgan fingerprint density at radius 2 is 1.75 bits per heavy atom. The van der Waals surface area contributed by atoms with E-state index in [0.717, 1.165) is 29.2 Å². The summed E-state index contributed by atoms with van der Waals surface area (Å²) >= 11 is 1.42. The number of aromatic nitrogens is 2. The quantitative estimate of drug-likeness (QED) is 0.312. The summed E-state index contributed by atoms with van der Waals surface area (Å²) in [6, 6.07) is 13.1. The summed E-state index contributed by atoms with van der Waals surface area (Å²) < 4.78 is 7.12. The molecule has 28 heavy (non-hydrogen) atoms. The van der Waals surface area contributed by atoms with Crippen molar-refractivity contribution in [2.24, 2.45) is 0 Å². The van der Waals surface area contributed by atoms with Crippen molar-refractivity contribution in [3.05, 3.63) is 59.2 Å². The van der Waals surface area contributed by atoms with E-state index in [1.165, 1.54) is 17.3 Å². The molecule has 146 valence electrons. The molecule has 0 spiro atoms. The van der Waals surface area contributed by atoms with Gasteiger partial charge in [0.25, 0.3) is 0 Å². The molecule has 0 aliphatic rings. The SMILES string of the molecule is CCOC(=O)c1ccc2c(c1)nc(SCC(=O)c1ccc(CC)cc1)n2CC. The molecule has 0 amide bonds. The first-order chi connectivity index (χ1) is 13.6. The van der Waals surface area contributed by atoms with Gasteiger partial charge < -0.3 is 9.30 Å². The normalized spacial score (nSPS) is 11.0. The Balaban J connectivity index is 1.79. The van der Waals surface area contributed by atoms with E-state index in [2.05, 4.69) is 16.5 Å². The zero-order chi connectivity index (χ0) is 20.1. The number of thioether (sulfide) groups is 1. The molecule has 0 radical (unpaired) electrons. The van der Waals surface area contributed by atoms with Crippen LogP contribution in [0.5, 0.6) is 0 Å². The standard InChI is InChI=1S/C22H24N2O3S/c1-4-15-7-9-16(10-8-15)20(25)14-28-22-23-18-13-17(21(26)27-6-3)11-12-19(18)24(22)5-2/h7-13H,4-6,14H2,1-3H3. The first kappa shape index (κ1) is 20.1. The zero-order valence-corrected chi connectivity index (χ0v) is 17.2. The second kappa shape index (κ2) is 9.06. The van der Waals surface area contributed by atoms with Gasteiger partial charge in [-0.2, -0.15) is 0 Å². The van der Waals surface area contributed by atoms with E-state index in [0.29, 0.717) is 23.5 Å². The van der Waals surface area contributed by atoms with Gasteiger partial charge in [0.2, 0.25) is 0 Å². The fourth-order valence-electron chi connectivity index (χ4n) is 3.00. The number of ether oxygens (including phenoxy) is 1. The number of carbonyl (C=O) groups excluding carboxylic acids is 2. The predicted octanol–water partition coefficient (Wildman–Crippen LogP) is 4.77. The summed E-state index contributed by atoms with van der Waals surface area (Å²) in [5.74, 6) is 0.0458. The lowest BCUT2D eigenvalue weighted by Crippen LogP contribution is -2.05. The van der Waals surface area contributed by atoms with Crippen molar-refractivity contribution >= 4 is 34.5 Å². The molecule has 5 nitrogen and oxygen atoms in total. The van der Waals surface area contributed by atoms with Gasteiger partial charge in [0.15, 0.2) is 10.9 Å². The molecule has 3 aromatic rings. The number of esters is 1. The fraction of sp³-hybridized carbons (Fsp3) is 0.318.